The molecule has 8 heteroatoms. The second kappa shape index (κ2) is 11.9. The van der Waals surface area contributed by atoms with Crippen LogP contribution in [-0.4, -0.2) is 45.9 Å². The van der Waals surface area contributed by atoms with Crippen molar-refractivity contribution < 1.29 is 22.7 Å². The number of anilines is 1. The van der Waals surface area contributed by atoms with Crippen molar-refractivity contribution in [3.05, 3.63) is 83.9 Å². The molecule has 3 rings (SSSR count). The molecule has 0 fully saturated rings. The molecule has 0 radical (unpaired) electrons. The Balaban J connectivity index is 1.84. The first-order valence-corrected chi connectivity index (χ1v) is 12.8. The van der Waals surface area contributed by atoms with E-state index >= 15 is 0 Å². The smallest absolute Gasteiger partial charge is 0.243 e. The lowest BCUT2D eigenvalue weighted by Crippen LogP contribution is -2.39. The van der Waals surface area contributed by atoms with Crippen LogP contribution in [-0.2, 0) is 21.2 Å². The summed E-state index contributed by atoms with van der Waals surface area (Å²) in [7, 11) is -1.07. The number of hydrogen-bond acceptors (Lipinski definition) is 5. The van der Waals surface area contributed by atoms with E-state index in [1.54, 1.807) is 0 Å². The van der Waals surface area contributed by atoms with Crippen LogP contribution in [0.25, 0.3) is 0 Å². The normalized spacial score (nSPS) is 11.5. The lowest BCUT2D eigenvalue weighted by Gasteiger charge is -2.22. The summed E-state index contributed by atoms with van der Waals surface area (Å²) in [6, 6.07) is 21.5. The maximum absolute atomic E-state index is 13.6. The zero-order chi connectivity index (χ0) is 25.4. The number of sulfonamides is 1. The van der Waals surface area contributed by atoms with Gasteiger partial charge in [0.15, 0.2) is 11.5 Å². The van der Waals surface area contributed by atoms with Gasteiger partial charge in [-0.25, -0.2) is 8.42 Å². The fourth-order valence-electron chi connectivity index (χ4n) is 3.62. The van der Waals surface area contributed by atoms with Crippen molar-refractivity contribution in [3.63, 3.8) is 0 Å². The Morgan fingerprint density at radius 1 is 0.914 bits per heavy atom. The number of rotatable bonds is 11. The van der Waals surface area contributed by atoms with Crippen LogP contribution in [0.1, 0.15) is 30.9 Å². The number of carbonyl (C=O) groups is 1. The van der Waals surface area contributed by atoms with Gasteiger partial charge in [-0.05, 0) is 47.7 Å². The molecule has 0 unspecified atom stereocenters. The molecule has 1 N–H and O–H groups in total. The van der Waals surface area contributed by atoms with Crippen molar-refractivity contribution in [2.45, 2.75) is 31.1 Å². The van der Waals surface area contributed by atoms with Gasteiger partial charge < -0.3 is 14.8 Å². The van der Waals surface area contributed by atoms with Crippen molar-refractivity contribution in [1.82, 2.24) is 4.31 Å². The first-order valence-electron chi connectivity index (χ1n) is 11.4. The Morgan fingerprint density at radius 3 is 2.17 bits per heavy atom. The quantitative estimate of drug-likeness (QED) is 0.416. The molecule has 0 bridgehead atoms. The van der Waals surface area contributed by atoms with Gasteiger partial charge in [-0.3, -0.25) is 4.79 Å². The average Bonchev–Trinajstić information content (AvgIpc) is 2.86. The highest BCUT2D eigenvalue weighted by molar-refractivity contribution is 7.89. The molecule has 1 amide bonds. The van der Waals surface area contributed by atoms with Gasteiger partial charge in [-0.15, -0.1) is 0 Å². The van der Waals surface area contributed by atoms with Gasteiger partial charge in [-0.2, -0.15) is 4.31 Å². The predicted molar refractivity (Wildman–Crippen MR) is 138 cm³/mol. The van der Waals surface area contributed by atoms with E-state index in [1.165, 1.54) is 36.7 Å². The molecule has 3 aromatic carbocycles. The molecular weight excluding hydrogens is 464 g/mol. The maximum atomic E-state index is 13.6. The Hall–Kier alpha value is -3.36. The number of nitrogens with zero attached hydrogens (tertiary/aromatic N) is 1. The highest BCUT2D eigenvalue weighted by Crippen LogP contribution is 2.30. The van der Waals surface area contributed by atoms with E-state index in [-0.39, 0.29) is 18.0 Å². The number of carbonyl (C=O) groups excluding carboxylic acids is 1. The van der Waals surface area contributed by atoms with Crippen LogP contribution in [0.4, 0.5) is 5.69 Å². The summed E-state index contributed by atoms with van der Waals surface area (Å²) in [6.45, 7) is 4.00. The Labute approximate surface area is 207 Å². The van der Waals surface area contributed by atoms with Crippen LogP contribution in [0.3, 0.4) is 0 Å². The molecule has 3 aromatic rings. The number of ether oxygens (including phenoxy) is 2. The van der Waals surface area contributed by atoms with E-state index in [4.69, 9.17) is 9.47 Å². The molecule has 0 aliphatic heterocycles. The summed E-state index contributed by atoms with van der Waals surface area (Å²) in [4.78, 5) is 12.9. The molecule has 0 spiro atoms. The van der Waals surface area contributed by atoms with Gasteiger partial charge in [0.1, 0.15) is 0 Å². The Kier molecular flexibility index (Phi) is 8.89. The van der Waals surface area contributed by atoms with E-state index in [0.717, 1.165) is 11.1 Å². The number of benzene rings is 3. The largest absolute Gasteiger partial charge is 0.493 e. The molecule has 186 valence electrons. The lowest BCUT2D eigenvalue weighted by atomic mass is 10.0. The third-order valence-electron chi connectivity index (χ3n) is 5.67. The van der Waals surface area contributed by atoms with Crippen molar-refractivity contribution in [2.24, 2.45) is 0 Å². The van der Waals surface area contributed by atoms with Crippen molar-refractivity contribution in [2.75, 3.05) is 32.6 Å². The first kappa shape index (κ1) is 26.2. The fraction of sp³-hybridized carbons (Fsp3) is 0.296. The summed E-state index contributed by atoms with van der Waals surface area (Å²) in [5, 5.41) is 2.81. The molecule has 35 heavy (non-hydrogen) atoms. The SMILES string of the molecule is COc1ccc(S(=O)(=O)N(CCc2ccccc2)CC(=O)Nc2ccc(C(C)C)cc2)cc1OC. The van der Waals surface area contributed by atoms with E-state index in [2.05, 4.69) is 19.2 Å². The van der Waals surface area contributed by atoms with E-state index < -0.39 is 15.9 Å². The molecule has 7 nitrogen and oxygen atoms in total. The second-order valence-electron chi connectivity index (χ2n) is 8.42. The fourth-order valence-corrected chi connectivity index (χ4v) is 5.03. The summed E-state index contributed by atoms with van der Waals surface area (Å²) < 4.78 is 38.9. The number of amides is 1. The minimum absolute atomic E-state index is 0.0253. The van der Waals surface area contributed by atoms with Crippen LogP contribution >= 0.6 is 0 Å². The molecule has 0 aliphatic rings. The summed E-state index contributed by atoms with van der Waals surface area (Å²) in [6.07, 6.45) is 0.462. The monoisotopic (exact) mass is 496 g/mol. The highest BCUT2D eigenvalue weighted by atomic mass is 32.2. The van der Waals surface area contributed by atoms with Gasteiger partial charge in [0, 0.05) is 18.3 Å². The first-order chi connectivity index (χ1) is 16.7. The van der Waals surface area contributed by atoms with E-state index in [1.807, 2.05) is 54.6 Å². The molecule has 0 saturated heterocycles. The molecule has 0 aromatic heterocycles. The van der Waals surface area contributed by atoms with Crippen LogP contribution in [0.2, 0.25) is 0 Å². The van der Waals surface area contributed by atoms with Crippen LogP contribution in [0.5, 0.6) is 11.5 Å². The van der Waals surface area contributed by atoms with Crippen molar-refractivity contribution in [3.8, 4) is 11.5 Å². The summed E-state index contributed by atoms with van der Waals surface area (Å²) in [5.41, 5.74) is 2.75. The molecular formula is C27H32N2O5S. The van der Waals surface area contributed by atoms with Gasteiger partial charge in [-0.1, -0.05) is 56.3 Å². The van der Waals surface area contributed by atoms with Crippen LogP contribution in [0, 0.1) is 0 Å². The Morgan fingerprint density at radius 2 is 1.57 bits per heavy atom. The van der Waals surface area contributed by atoms with Gasteiger partial charge in [0.2, 0.25) is 15.9 Å². The zero-order valence-electron chi connectivity index (χ0n) is 20.5. The standard InChI is InChI=1S/C27H32N2O5S/c1-20(2)22-10-12-23(13-11-22)28-27(30)19-29(17-16-21-8-6-5-7-9-21)35(31,32)24-14-15-25(33-3)26(18-24)34-4/h5-15,18,20H,16-17,19H2,1-4H3,(H,28,30). The average molecular weight is 497 g/mol. The molecule has 0 heterocycles. The summed E-state index contributed by atoms with van der Waals surface area (Å²) in [5.74, 6) is 0.676. The Bertz CT molecular complexity index is 1230. The van der Waals surface area contributed by atoms with Crippen LogP contribution in [0.15, 0.2) is 77.7 Å². The topological polar surface area (TPSA) is 84.9 Å². The van der Waals surface area contributed by atoms with E-state index in [0.29, 0.717) is 29.5 Å². The minimum Gasteiger partial charge on any atom is -0.493 e. The maximum Gasteiger partial charge on any atom is 0.243 e. The third kappa shape index (κ3) is 6.83. The number of methoxy groups -OCH3 is 2. The number of hydrogen-bond donors (Lipinski definition) is 1. The second-order valence-corrected chi connectivity index (χ2v) is 10.4. The molecule has 0 saturated carbocycles. The summed E-state index contributed by atoms with van der Waals surface area (Å²) >= 11 is 0. The highest BCUT2D eigenvalue weighted by Gasteiger charge is 2.28. The lowest BCUT2D eigenvalue weighted by molar-refractivity contribution is -0.116. The zero-order valence-corrected chi connectivity index (χ0v) is 21.3. The van der Waals surface area contributed by atoms with Crippen LogP contribution < -0.4 is 14.8 Å². The minimum atomic E-state index is -4.00. The van der Waals surface area contributed by atoms with Crippen molar-refractivity contribution in [1.29, 1.82) is 0 Å². The van der Waals surface area contributed by atoms with Gasteiger partial charge >= 0.3 is 0 Å². The predicted octanol–water partition coefficient (Wildman–Crippen LogP) is 4.70. The van der Waals surface area contributed by atoms with E-state index in [9.17, 15) is 13.2 Å². The van der Waals surface area contributed by atoms with Gasteiger partial charge in [0.05, 0.1) is 25.7 Å². The van der Waals surface area contributed by atoms with Crippen molar-refractivity contribution >= 4 is 21.6 Å². The third-order valence-corrected chi connectivity index (χ3v) is 7.51. The molecule has 0 aliphatic carbocycles. The van der Waals surface area contributed by atoms with Gasteiger partial charge in [0.25, 0.3) is 0 Å². The molecule has 0 atom stereocenters. The number of nitrogens with one attached hydrogen (secondary N) is 1.